The molecule has 1 amide bonds. The maximum atomic E-state index is 12.8. The molecule has 0 saturated heterocycles. The molecule has 37 heavy (non-hydrogen) atoms. The van der Waals surface area contributed by atoms with E-state index < -0.39 is 11.9 Å². The van der Waals surface area contributed by atoms with Gasteiger partial charge in [0.2, 0.25) is 0 Å². The van der Waals surface area contributed by atoms with Crippen LogP contribution in [0.1, 0.15) is 68.8 Å². The highest BCUT2D eigenvalue weighted by molar-refractivity contribution is 5.97. The number of ether oxygens (including phenoxy) is 2. The second kappa shape index (κ2) is 14.4. The number of hydrogen-bond acceptors (Lipinski definition) is 7. The Labute approximate surface area is 219 Å². The Morgan fingerprint density at radius 3 is 2.00 bits per heavy atom. The second-order valence-corrected chi connectivity index (χ2v) is 9.93. The first kappa shape index (κ1) is 29.8. The summed E-state index contributed by atoms with van der Waals surface area (Å²) in [6.07, 6.45) is 1.87. The monoisotopic (exact) mass is 510 g/mol. The van der Waals surface area contributed by atoms with Crippen molar-refractivity contribution in [3.8, 4) is 11.1 Å². The van der Waals surface area contributed by atoms with E-state index in [1.165, 1.54) is 0 Å². The van der Waals surface area contributed by atoms with Crippen LogP contribution in [0.15, 0.2) is 42.6 Å². The van der Waals surface area contributed by atoms with E-state index in [0.717, 1.165) is 11.1 Å². The van der Waals surface area contributed by atoms with Gasteiger partial charge in [-0.15, -0.1) is 0 Å². The lowest BCUT2D eigenvalue weighted by molar-refractivity contribution is -0.148. The zero-order valence-corrected chi connectivity index (χ0v) is 22.6. The number of benzene rings is 1. The molecule has 0 saturated carbocycles. The van der Waals surface area contributed by atoms with Crippen LogP contribution in [-0.4, -0.2) is 54.3 Å². The second-order valence-electron chi connectivity index (χ2n) is 9.93. The van der Waals surface area contributed by atoms with Crippen LogP contribution in [0, 0.1) is 17.8 Å². The van der Waals surface area contributed by atoms with Crippen LogP contribution in [0.25, 0.3) is 11.1 Å². The minimum atomic E-state index is -0.600. The summed E-state index contributed by atoms with van der Waals surface area (Å²) in [5.41, 5.74) is 2.54. The standard InChI is InChI=1S/C29H38N2O6/c1-18(2)26(32)13-14-36-16-24(17-37-29(35)20(5)6)31-28(34)25-12-11-23(15-30-25)21-7-9-22(10-8-21)27(33)19(3)4/h7-12,15,18-20,24H,13-14,16-17H2,1-6H3,(H,31,34). The Morgan fingerprint density at radius 1 is 0.811 bits per heavy atom. The van der Waals surface area contributed by atoms with Gasteiger partial charge in [0.1, 0.15) is 18.1 Å². The maximum Gasteiger partial charge on any atom is 0.308 e. The Morgan fingerprint density at radius 2 is 1.46 bits per heavy atom. The van der Waals surface area contributed by atoms with Crippen molar-refractivity contribution in [1.29, 1.82) is 0 Å². The van der Waals surface area contributed by atoms with Gasteiger partial charge in [-0.1, -0.05) is 71.9 Å². The van der Waals surface area contributed by atoms with Crippen molar-refractivity contribution < 1.29 is 28.7 Å². The summed E-state index contributed by atoms with van der Waals surface area (Å²) in [6.45, 7) is 11.1. The van der Waals surface area contributed by atoms with Crippen LogP contribution in [0.4, 0.5) is 0 Å². The minimum absolute atomic E-state index is 0.0551. The summed E-state index contributed by atoms with van der Waals surface area (Å²) in [7, 11) is 0. The van der Waals surface area contributed by atoms with Crippen molar-refractivity contribution in [2.45, 2.75) is 54.0 Å². The van der Waals surface area contributed by atoms with E-state index in [1.807, 2.05) is 39.8 Å². The number of nitrogens with one attached hydrogen (secondary N) is 1. The van der Waals surface area contributed by atoms with Crippen molar-refractivity contribution in [3.63, 3.8) is 0 Å². The molecule has 1 heterocycles. The van der Waals surface area contributed by atoms with Crippen LogP contribution >= 0.6 is 0 Å². The Hall–Kier alpha value is -3.39. The van der Waals surface area contributed by atoms with Gasteiger partial charge >= 0.3 is 5.97 Å². The molecule has 0 radical (unpaired) electrons. The predicted octanol–water partition coefficient (Wildman–Crippen LogP) is 4.52. The third kappa shape index (κ3) is 9.53. The van der Waals surface area contributed by atoms with Crippen molar-refractivity contribution in [3.05, 3.63) is 53.9 Å². The lowest BCUT2D eigenvalue weighted by atomic mass is 9.98. The lowest BCUT2D eigenvalue weighted by Gasteiger charge is -2.19. The van der Waals surface area contributed by atoms with Crippen molar-refractivity contribution in [2.75, 3.05) is 19.8 Å². The number of hydrogen-bond donors (Lipinski definition) is 1. The molecule has 8 heteroatoms. The summed E-state index contributed by atoms with van der Waals surface area (Å²) in [4.78, 5) is 53.0. The molecule has 0 fully saturated rings. The molecule has 0 spiro atoms. The first-order chi connectivity index (χ1) is 17.5. The van der Waals surface area contributed by atoms with Crippen LogP contribution in [0.3, 0.4) is 0 Å². The normalized spacial score (nSPS) is 12.0. The Bertz CT molecular complexity index is 1060. The van der Waals surface area contributed by atoms with E-state index in [2.05, 4.69) is 10.3 Å². The van der Waals surface area contributed by atoms with E-state index in [-0.39, 0.29) is 67.2 Å². The SMILES string of the molecule is CC(C)C(=O)CCOCC(COC(=O)C(C)C)NC(=O)c1ccc(-c2ccc(C(=O)C(C)C)cc2)cn1. The fraction of sp³-hybridized carbons (Fsp3) is 0.483. The van der Waals surface area contributed by atoms with E-state index in [9.17, 15) is 19.2 Å². The number of nitrogens with zero attached hydrogens (tertiary/aromatic N) is 1. The van der Waals surface area contributed by atoms with Gasteiger partial charge in [-0.05, 0) is 11.6 Å². The third-order valence-electron chi connectivity index (χ3n) is 5.71. The van der Waals surface area contributed by atoms with E-state index in [4.69, 9.17) is 9.47 Å². The lowest BCUT2D eigenvalue weighted by Crippen LogP contribution is -2.42. The largest absolute Gasteiger partial charge is 0.463 e. The average molecular weight is 511 g/mol. The van der Waals surface area contributed by atoms with Crippen molar-refractivity contribution >= 4 is 23.4 Å². The van der Waals surface area contributed by atoms with Gasteiger partial charge in [0, 0.05) is 35.6 Å². The van der Waals surface area contributed by atoms with Crippen molar-refractivity contribution in [1.82, 2.24) is 10.3 Å². The van der Waals surface area contributed by atoms with Crippen molar-refractivity contribution in [2.24, 2.45) is 17.8 Å². The van der Waals surface area contributed by atoms with E-state index >= 15 is 0 Å². The first-order valence-electron chi connectivity index (χ1n) is 12.7. The number of Topliss-reactive ketones (excluding diaryl/α,β-unsaturated/α-hetero) is 2. The summed E-state index contributed by atoms with van der Waals surface area (Å²) in [6, 6.07) is 10.1. The summed E-state index contributed by atoms with van der Waals surface area (Å²) in [5.74, 6) is -1.07. The summed E-state index contributed by atoms with van der Waals surface area (Å²) < 4.78 is 10.9. The number of esters is 1. The first-order valence-corrected chi connectivity index (χ1v) is 12.7. The molecule has 0 bridgehead atoms. The van der Waals surface area contributed by atoms with Gasteiger partial charge < -0.3 is 14.8 Å². The molecule has 2 aromatic rings. The molecule has 1 aromatic heterocycles. The smallest absolute Gasteiger partial charge is 0.308 e. The Balaban J connectivity index is 2.02. The van der Waals surface area contributed by atoms with Gasteiger partial charge in [-0.25, -0.2) is 0 Å². The zero-order chi connectivity index (χ0) is 27.5. The highest BCUT2D eigenvalue weighted by Crippen LogP contribution is 2.20. The molecule has 1 N–H and O–H groups in total. The van der Waals surface area contributed by atoms with E-state index in [1.54, 1.807) is 44.3 Å². The molecule has 0 aliphatic heterocycles. The minimum Gasteiger partial charge on any atom is -0.463 e. The molecule has 2 rings (SSSR count). The number of ketones is 2. The topological polar surface area (TPSA) is 112 Å². The van der Waals surface area contributed by atoms with E-state index in [0.29, 0.717) is 5.56 Å². The quantitative estimate of drug-likeness (QED) is 0.226. The third-order valence-corrected chi connectivity index (χ3v) is 5.71. The molecule has 1 unspecified atom stereocenters. The van der Waals surface area contributed by atoms with Gasteiger partial charge in [0.15, 0.2) is 5.78 Å². The zero-order valence-electron chi connectivity index (χ0n) is 22.6. The van der Waals surface area contributed by atoms with Crippen LogP contribution in [-0.2, 0) is 19.1 Å². The van der Waals surface area contributed by atoms with Crippen LogP contribution < -0.4 is 5.32 Å². The van der Waals surface area contributed by atoms with Crippen LogP contribution in [0.5, 0.6) is 0 Å². The molecule has 0 aliphatic rings. The highest BCUT2D eigenvalue weighted by Gasteiger charge is 2.19. The van der Waals surface area contributed by atoms with Gasteiger partial charge in [0.05, 0.1) is 25.2 Å². The summed E-state index contributed by atoms with van der Waals surface area (Å²) >= 11 is 0. The number of carbonyl (C=O) groups is 4. The predicted molar refractivity (Wildman–Crippen MR) is 141 cm³/mol. The Kier molecular flexibility index (Phi) is 11.6. The molecular formula is C29H38N2O6. The number of aromatic nitrogens is 1. The number of rotatable bonds is 14. The van der Waals surface area contributed by atoms with Gasteiger partial charge in [-0.3, -0.25) is 24.2 Å². The molecule has 1 aromatic carbocycles. The molecule has 8 nitrogen and oxygen atoms in total. The van der Waals surface area contributed by atoms with Gasteiger partial charge in [-0.2, -0.15) is 0 Å². The van der Waals surface area contributed by atoms with Crippen LogP contribution in [0.2, 0.25) is 0 Å². The molecule has 0 aliphatic carbocycles. The maximum absolute atomic E-state index is 12.8. The number of carbonyl (C=O) groups excluding carboxylic acids is 4. The fourth-order valence-corrected chi connectivity index (χ4v) is 3.29. The molecular weight excluding hydrogens is 472 g/mol. The molecule has 1 atom stereocenters. The number of pyridine rings is 1. The highest BCUT2D eigenvalue weighted by atomic mass is 16.5. The number of amides is 1. The van der Waals surface area contributed by atoms with Gasteiger partial charge in [0.25, 0.3) is 5.91 Å². The molecule has 200 valence electrons. The summed E-state index contributed by atoms with van der Waals surface area (Å²) in [5, 5.41) is 2.80. The fourth-order valence-electron chi connectivity index (χ4n) is 3.29. The average Bonchev–Trinajstić information content (AvgIpc) is 2.88.